The second kappa shape index (κ2) is 5.09. The summed E-state index contributed by atoms with van der Waals surface area (Å²) in [7, 11) is -0.475. The summed E-state index contributed by atoms with van der Waals surface area (Å²) in [5.74, 6) is 2.23. The van der Waals surface area contributed by atoms with Gasteiger partial charge in [0.25, 0.3) is 0 Å². The van der Waals surface area contributed by atoms with Crippen molar-refractivity contribution in [1.29, 1.82) is 0 Å². The van der Waals surface area contributed by atoms with Crippen LogP contribution in [0.4, 0.5) is 0 Å². The van der Waals surface area contributed by atoms with Crippen LogP contribution >= 0.6 is 10.0 Å². The van der Waals surface area contributed by atoms with Gasteiger partial charge in [-0.1, -0.05) is 19.4 Å². The van der Waals surface area contributed by atoms with Crippen molar-refractivity contribution in [2.24, 2.45) is 5.92 Å². The van der Waals surface area contributed by atoms with Crippen molar-refractivity contribution < 1.29 is 0 Å². The third-order valence-corrected chi connectivity index (χ3v) is 6.06. The normalized spacial score (nSPS) is 13.2. The molecule has 0 saturated carbocycles. The summed E-state index contributed by atoms with van der Waals surface area (Å²) in [6.45, 7) is 11.4. The fourth-order valence-electron chi connectivity index (χ4n) is 1.24. The molecule has 0 aromatic rings. The molecule has 0 aliphatic heterocycles. The van der Waals surface area contributed by atoms with Crippen LogP contribution in [0.15, 0.2) is 10.5 Å². The van der Waals surface area contributed by atoms with Crippen LogP contribution in [-0.2, 0) is 0 Å². The van der Waals surface area contributed by atoms with Gasteiger partial charge < -0.3 is 0 Å². The van der Waals surface area contributed by atoms with E-state index in [1.165, 1.54) is 17.7 Å². The molecule has 0 aromatic heterocycles. The SMILES string of the molecule is CC(C)=C(C)S(C)(C)CCC(C)C. The molecule has 0 rings (SSSR count). The molecule has 0 amide bonds. The third-order valence-electron chi connectivity index (χ3n) is 2.74. The molecular formula is C12H26S. The molecule has 0 spiro atoms. The fourth-order valence-corrected chi connectivity index (χ4v) is 3.71. The lowest BCUT2D eigenvalue weighted by Gasteiger charge is -2.34. The highest BCUT2D eigenvalue weighted by Gasteiger charge is 2.15. The maximum Gasteiger partial charge on any atom is -0.0194 e. The molecule has 0 heterocycles. The summed E-state index contributed by atoms with van der Waals surface area (Å²) < 4.78 is 0. The zero-order chi connectivity index (χ0) is 10.6. The molecule has 0 radical (unpaired) electrons. The molecule has 1 heteroatoms. The van der Waals surface area contributed by atoms with Gasteiger partial charge in [0.1, 0.15) is 0 Å². The lowest BCUT2D eigenvalue weighted by molar-refractivity contribution is 0.630. The van der Waals surface area contributed by atoms with E-state index in [1.807, 2.05) is 0 Å². The molecule has 0 bridgehead atoms. The van der Waals surface area contributed by atoms with Gasteiger partial charge in [-0.3, -0.25) is 0 Å². The largest absolute Gasteiger partial charge is 0.224 e. The molecule has 0 N–H and O–H groups in total. The lowest BCUT2D eigenvalue weighted by Crippen LogP contribution is -2.06. The Morgan fingerprint density at radius 3 is 1.85 bits per heavy atom. The van der Waals surface area contributed by atoms with Crippen LogP contribution in [0.1, 0.15) is 41.0 Å². The Labute approximate surface area is 86.1 Å². The monoisotopic (exact) mass is 202 g/mol. The summed E-state index contributed by atoms with van der Waals surface area (Å²) in [5, 5.41) is 0. The van der Waals surface area contributed by atoms with E-state index in [0.29, 0.717) is 0 Å². The second-order valence-electron chi connectivity index (χ2n) is 4.98. The first-order valence-electron chi connectivity index (χ1n) is 5.12. The van der Waals surface area contributed by atoms with Gasteiger partial charge in [-0.25, -0.2) is 10.0 Å². The number of allylic oxidation sites excluding steroid dienone is 2. The molecule has 80 valence electrons. The minimum absolute atomic E-state index is 0.475. The standard InChI is InChI=1S/C12H26S/c1-10(2)8-9-13(6,7)12(5)11(3)4/h10H,8-9H2,1-7H3. The maximum atomic E-state index is 2.44. The zero-order valence-corrected chi connectivity index (χ0v) is 11.2. The Morgan fingerprint density at radius 1 is 1.08 bits per heavy atom. The van der Waals surface area contributed by atoms with E-state index in [-0.39, 0.29) is 0 Å². The first-order valence-corrected chi connectivity index (χ1v) is 7.74. The molecule has 0 atom stereocenters. The lowest BCUT2D eigenvalue weighted by atomic mass is 10.2. The smallest absolute Gasteiger partial charge is 0.0194 e. The van der Waals surface area contributed by atoms with Crippen LogP contribution in [0.25, 0.3) is 0 Å². The van der Waals surface area contributed by atoms with E-state index in [0.717, 1.165) is 5.92 Å². The molecule has 0 saturated heterocycles. The topological polar surface area (TPSA) is 0 Å². The first-order chi connectivity index (χ1) is 5.77. The van der Waals surface area contributed by atoms with E-state index in [4.69, 9.17) is 0 Å². The average Bonchev–Trinajstić information content (AvgIpc) is 1.99. The highest BCUT2D eigenvalue weighted by molar-refractivity contribution is 8.35. The fraction of sp³-hybridized carbons (Fsp3) is 0.833. The van der Waals surface area contributed by atoms with Crippen LogP contribution in [0, 0.1) is 5.92 Å². The molecule has 0 nitrogen and oxygen atoms in total. The maximum absolute atomic E-state index is 2.44. The Balaban J connectivity index is 4.32. The summed E-state index contributed by atoms with van der Waals surface area (Å²) in [4.78, 5) is 1.65. The molecule has 0 aliphatic carbocycles. The summed E-state index contributed by atoms with van der Waals surface area (Å²) in [6.07, 6.45) is 6.25. The Morgan fingerprint density at radius 2 is 1.54 bits per heavy atom. The van der Waals surface area contributed by atoms with Gasteiger partial charge >= 0.3 is 0 Å². The minimum atomic E-state index is -0.475. The Bertz CT molecular complexity index is 183. The quantitative estimate of drug-likeness (QED) is 0.633. The minimum Gasteiger partial charge on any atom is -0.224 e. The van der Waals surface area contributed by atoms with Gasteiger partial charge in [0, 0.05) is 0 Å². The van der Waals surface area contributed by atoms with Gasteiger partial charge in [0.05, 0.1) is 0 Å². The van der Waals surface area contributed by atoms with Crippen molar-refractivity contribution in [3.8, 4) is 0 Å². The van der Waals surface area contributed by atoms with Crippen molar-refractivity contribution in [2.75, 3.05) is 18.3 Å². The summed E-state index contributed by atoms with van der Waals surface area (Å²) >= 11 is 0. The van der Waals surface area contributed by atoms with Gasteiger partial charge in [0.2, 0.25) is 0 Å². The average molecular weight is 202 g/mol. The second-order valence-corrected chi connectivity index (χ2v) is 9.08. The highest BCUT2D eigenvalue weighted by atomic mass is 32.3. The van der Waals surface area contributed by atoms with Gasteiger partial charge in [-0.15, -0.1) is 0 Å². The van der Waals surface area contributed by atoms with Crippen LogP contribution in [-0.4, -0.2) is 18.3 Å². The zero-order valence-electron chi connectivity index (χ0n) is 10.4. The van der Waals surface area contributed by atoms with Crippen molar-refractivity contribution in [1.82, 2.24) is 0 Å². The third kappa shape index (κ3) is 4.75. The van der Waals surface area contributed by atoms with Crippen molar-refractivity contribution in [3.63, 3.8) is 0 Å². The van der Waals surface area contributed by atoms with Crippen LogP contribution in [0.5, 0.6) is 0 Å². The van der Waals surface area contributed by atoms with Gasteiger partial charge in [-0.2, -0.15) is 0 Å². The number of hydrogen-bond donors (Lipinski definition) is 0. The van der Waals surface area contributed by atoms with Crippen LogP contribution < -0.4 is 0 Å². The molecule has 0 fully saturated rings. The Hall–Kier alpha value is 0.0900. The molecule has 0 aliphatic rings. The van der Waals surface area contributed by atoms with E-state index in [2.05, 4.69) is 47.1 Å². The molecule has 0 aromatic carbocycles. The summed E-state index contributed by atoms with van der Waals surface area (Å²) in [6, 6.07) is 0. The van der Waals surface area contributed by atoms with Crippen molar-refractivity contribution >= 4 is 10.0 Å². The van der Waals surface area contributed by atoms with E-state index < -0.39 is 10.0 Å². The van der Waals surface area contributed by atoms with Crippen LogP contribution in [0.2, 0.25) is 0 Å². The predicted octanol–water partition coefficient (Wildman–Crippen LogP) is 4.41. The molecular weight excluding hydrogens is 176 g/mol. The predicted molar refractivity (Wildman–Crippen MR) is 67.8 cm³/mol. The van der Waals surface area contributed by atoms with Gasteiger partial charge in [-0.05, 0) is 56.3 Å². The van der Waals surface area contributed by atoms with E-state index in [1.54, 1.807) is 4.91 Å². The van der Waals surface area contributed by atoms with E-state index >= 15 is 0 Å². The number of rotatable bonds is 4. The van der Waals surface area contributed by atoms with Crippen molar-refractivity contribution in [2.45, 2.75) is 41.0 Å². The Kier molecular flexibility index (Phi) is 5.13. The molecule has 0 unspecified atom stereocenters. The van der Waals surface area contributed by atoms with Gasteiger partial charge in [0.15, 0.2) is 0 Å². The highest BCUT2D eigenvalue weighted by Crippen LogP contribution is 2.50. The van der Waals surface area contributed by atoms with Crippen LogP contribution in [0.3, 0.4) is 0 Å². The van der Waals surface area contributed by atoms with E-state index in [9.17, 15) is 0 Å². The van der Waals surface area contributed by atoms with Crippen molar-refractivity contribution in [3.05, 3.63) is 10.5 Å². The number of hydrogen-bond acceptors (Lipinski definition) is 0. The molecule has 13 heavy (non-hydrogen) atoms. The summed E-state index contributed by atoms with van der Waals surface area (Å²) in [5.41, 5.74) is 1.52. The first kappa shape index (κ1) is 13.1.